The normalized spacial score (nSPS) is 13.9. The van der Waals surface area contributed by atoms with E-state index in [0.717, 1.165) is 0 Å². The molecule has 0 atom stereocenters. The number of hydrogen-bond donors (Lipinski definition) is 0. The molecule has 4 aromatic heterocycles. The molecule has 6 heteroatoms. The number of fused-ring (bicyclic) bond motifs is 13. The third-order valence-corrected chi connectivity index (χ3v) is 15.2. The van der Waals surface area contributed by atoms with Gasteiger partial charge >= 0.3 is 0 Å². The fraction of sp³-hybridized carbons (Fsp3) is 0.113. The summed E-state index contributed by atoms with van der Waals surface area (Å²) in [7, 11) is 0. The van der Waals surface area contributed by atoms with E-state index in [2.05, 4.69) is 157 Å². The van der Waals surface area contributed by atoms with Crippen LogP contribution in [0.25, 0.3) is 93.6 Å². The van der Waals surface area contributed by atoms with Crippen molar-refractivity contribution in [3.8, 4) is 28.2 Å². The van der Waals surface area contributed by atoms with Gasteiger partial charge in [0.1, 0.15) is 0 Å². The van der Waals surface area contributed by atoms with Crippen LogP contribution in [0.1, 0.15) is 33.4 Å². The van der Waals surface area contributed by atoms with Crippen LogP contribution in [0, 0.1) is 41.5 Å². The molecule has 11 aromatic rings. The van der Waals surface area contributed by atoms with E-state index in [4.69, 9.17) is 0 Å². The first-order valence-electron chi connectivity index (χ1n) is 21.1. The lowest BCUT2D eigenvalue weighted by molar-refractivity contribution is 1.11. The summed E-state index contributed by atoms with van der Waals surface area (Å²) in [5, 5.41) is 8.01. The van der Waals surface area contributed by atoms with Crippen LogP contribution in [0.2, 0.25) is 0 Å². The third kappa shape index (κ3) is 3.26. The number of aryl methyl sites for hydroxylation is 6. The molecule has 0 N–H and O–H groups in total. The molecule has 0 bridgehead atoms. The van der Waals surface area contributed by atoms with E-state index in [1.54, 1.807) is 0 Å². The Morgan fingerprint density at radius 3 is 1.17 bits per heavy atom. The van der Waals surface area contributed by atoms with Gasteiger partial charge in [-0.15, -0.1) is 0 Å². The molecule has 8 heterocycles. The van der Waals surface area contributed by atoms with Gasteiger partial charge in [-0.25, -0.2) is 0 Å². The molecule has 4 aliphatic rings. The Bertz CT molecular complexity index is 3690. The SMILES string of the molecule is Cc1ccc2c3ccc(C)c4c3n(c2c1)-c1c2c3c5c(c1-c1ccncc1)-n1c6cc(C)ccc6c6ccc(C)c(c61)B5c1c(C)ccc5c6ccc(C)c(c6n-3c15)B24. The maximum absolute atomic E-state index is 4.63. The van der Waals surface area contributed by atoms with Gasteiger partial charge in [0, 0.05) is 78.0 Å². The minimum absolute atomic E-state index is 0.0539. The molecule has 274 valence electrons. The maximum atomic E-state index is 4.63. The maximum Gasteiger partial charge on any atom is 0.252 e. The van der Waals surface area contributed by atoms with Crippen molar-refractivity contribution in [3.05, 3.63) is 143 Å². The fourth-order valence-corrected chi connectivity index (χ4v) is 12.9. The quantitative estimate of drug-likeness (QED) is 0.156. The predicted molar refractivity (Wildman–Crippen MR) is 250 cm³/mol. The molecule has 0 aliphatic carbocycles. The zero-order valence-electron chi connectivity index (χ0n) is 33.8. The van der Waals surface area contributed by atoms with Crippen molar-refractivity contribution < 1.29 is 0 Å². The second-order valence-electron chi connectivity index (χ2n) is 18.2. The van der Waals surface area contributed by atoms with E-state index in [-0.39, 0.29) is 13.4 Å². The number of aromatic nitrogens is 4. The first-order chi connectivity index (χ1) is 28.8. The van der Waals surface area contributed by atoms with Gasteiger partial charge in [-0.05, 0) is 115 Å². The number of pyridine rings is 1. The summed E-state index contributed by atoms with van der Waals surface area (Å²) in [5.41, 5.74) is 31.2. The molecule has 15 rings (SSSR count). The highest BCUT2D eigenvalue weighted by Gasteiger charge is 2.51. The number of hydrogen-bond acceptors (Lipinski definition) is 1. The van der Waals surface area contributed by atoms with Gasteiger partial charge < -0.3 is 13.7 Å². The van der Waals surface area contributed by atoms with Gasteiger partial charge in [0.15, 0.2) is 0 Å². The van der Waals surface area contributed by atoms with Crippen LogP contribution in [0.3, 0.4) is 0 Å². The second kappa shape index (κ2) is 9.90. The van der Waals surface area contributed by atoms with Crippen LogP contribution >= 0.6 is 0 Å². The molecule has 0 fully saturated rings. The molecule has 7 aromatic carbocycles. The third-order valence-electron chi connectivity index (χ3n) is 15.2. The van der Waals surface area contributed by atoms with Gasteiger partial charge in [-0.2, -0.15) is 0 Å². The Morgan fingerprint density at radius 1 is 0.373 bits per heavy atom. The first-order valence-corrected chi connectivity index (χ1v) is 21.1. The van der Waals surface area contributed by atoms with E-state index in [1.165, 1.54) is 160 Å². The summed E-state index contributed by atoms with van der Waals surface area (Å²) >= 11 is 0. The van der Waals surface area contributed by atoms with Gasteiger partial charge in [0.25, 0.3) is 13.4 Å². The highest BCUT2D eigenvalue weighted by molar-refractivity contribution is 7.05. The standard InChI is InChI=1S/C53H36B2N4/c1-25-7-13-32-34-15-9-27(3)41-47(34)57(38(32)23-25)51-40(31-19-21-56-22-20-31)52-46-53-45(51)54(41)43-29(5)11-17-36-37-18-12-30(6)44(50(37)59(53)49(36)43)55(46)42-28(4)10-16-35-33-14-8-26(2)24-39(33)58(52)48(35)42/h7-24H,1-6H3. The number of rotatable bonds is 1. The monoisotopic (exact) mass is 750 g/mol. The van der Waals surface area contributed by atoms with Gasteiger partial charge in [-0.3, -0.25) is 4.98 Å². The summed E-state index contributed by atoms with van der Waals surface area (Å²) in [6.45, 7) is 14.0. The average Bonchev–Trinajstić information content (AvgIpc) is 3.86. The fourth-order valence-electron chi connectivity index (χ4n) is 12.9. The van der Waals surface area contributed by atoms with Crippen molar-refractivity contribution in [2.45, 2.75) is 41.5 Å². The minimum atomic E-state index is 0.0539. The molecule has 0 radical (unpaired) electrons. The largest absolute Gasteiger partial charge is 0.311 e. The molecule has 0 amide bonds. The topological polar surface area (TPSA) is 27.7 Å². The Balaban J connectivity index is 1.34. The van der Waals surface area contributed by atoms with Gasteiger partial charge in [0.05, 0.1) is 22.4 Å². The Labute approximate surface area is 341 Å². The number of benzene rings is 7. The molecule has 4 aliphatic heterocycles. The molecule has 0 spiro atoms. The molecule has 4 nitrogen and oxygen atoms in total. The zero-order chi connectivity index (χ0) is 39.1. The van der Waals surface area contributed by atoms with Crippen LogP contribution in [0.5, 0.6) is 0 Å². The molecule has 0 saturated heterocycles. The van der Waals surface area contributed by atoms with Crippen molar-refractivity contribution in [3.63, 3.8) is 0 Å². The van der Waals surface area contributed by atoms with Crippen molar-refractivity contribution in [1.29, 1.82) is 0 Å². The first kappa shape index (κ1) is 31.2. The Hall–Kier alpha value is -6.78. The van der Waals surface area contributed by atoms with Crippen LogP contribution in [0.15, 0.2) is 109 Å². The highest BCUT2D eigenvalue weighted by Crippen LogP contribution is 2.48. The van der Waals surface area contributed by atoms with E-state index < -0.39 is 0 Å². The summed E-state index contributed by atoms with van der Waals surface area (Å²) < 4.78 is 8.19. The molecular weight excluding hydrogens is 714 g/mol. The molecule has 59 heavy (non-hydrogen) atoms. The van der Waals surface area contributed by atoms with E-state index >= 15 is 0 Å². The molecule has 0 unspecified atom stereocenters. The molecular formula is C53H36B2N4. The second-order valence-corrected chi connectivity index (χ2v) is 18.2. The number of nitrogens with zero attached hydrogens (tertiary/aromatic N) is 4. The van der Waals surface area contributed by atoms with E-state index in [9.17, 15) is 0 Å². The molecule has 0 saturated carbocycles. The Kier molecular flexibility index (Phi) is 5.24. The van der Waals surface area contributed by atoms with E-state index in [1.807, 2.05) is 12.4 Å². The summed E-state index contributed by atoms with van der Waals surface area (Å²) in [4.78, 5) is 4.63. The van der Waals surface area contributed by atoms with Crippen molar-refractivity contribution in [1.82, 2.24) is 18.7 Å². The highest BCUT2D eigenvalue weighted by atomic mass is 15.1. The zero-order valence-corrected chi connectivity index (χ0v) is 33.8. The van der Waals surface area contributed by atoms with Crippen LogP contribution in [-0.2, 0) is 0 Å². The lowest BCUT2D eigenvalue weighted by Crippen LogP contribution is -2.68. The predicted octanol–water partition coefficient (Wildman–Crippen LogP) is 8.18. The summed E-state index contributed by atoms with van der Waals surface area (Å²) in [6, 6.07) is 38.0. The van der Waals surface area contributed by atoms with Crippen LogP contribution < -0.4 is 32.8 Å². The lowest BCUT2D eigenvalue weighted by atomic mass is 9.28. The Morgan fingerprint density at radius 2 is 0.746 bits per heavy atom. The van der Waals surface area contributed by atoms with Gasteiger partial charge in [-0.1, -0.05) is 95.1 Å². The van der Waals surface area contributed by atoms with Crippen molar-refractivity contribution in [2.75, 3.05) is 0 Å². The average molecular weight is 751 g/mol. The lowest BCUT2D eigenvalue weighted by Gasteiger charge is -2.43. The van der Waals surface area contributed by atoms with E-state index in [0.29, 0.717) is 0 Å². The van der Waals surface area contributed by atoms with Crippen molar-refractivity contribution >= 4 is 112 Å². The smallest absolute Gasteiger partial charge is 0.252 e. The summed E-state index contributed by atoms with van der Waals surface area (Å²) in [5.74, 6) is 0. The minimum Gasteiger partial charge on any atom is -0.311 e. The summed E-state index contributed by atoms with van der Waals surface area (Å²) in [6.07, 6.45) is 3.99. The van der Waals surface area contributed by atoms with Gasteiger partial charge in [0.2, 0.25) is 0 Å². The van der Waals surface area contributed by atoms with Crippen LogP contribution in [-0.4, -0.2) is 32.1 Å². The van der Waals surface area contributed by atoms with Crippen LogP contribution in [0.4, 0.5) is 0 Å². The van der Waals surface area contributed by atoms with Crippen molar-refractivity contribution in [2.24, 2.45) is 0 Å².